The standard InChI is InChI=1S/C22H22N6O7S2/c1-22(2,20(33)34)35-26-13(12-10-37-21(23)24-12)16(29)25-14-17(30)28-15(19(31)32)11(9-36-18(14)28)8-27-6-4-3-5-7-27/h3-7,10,14,18H,8-9H2,1-2H3,(H4-,23,24,25,29,31,32,33,34)/b26-13-/t14-,18-/m1/s1/i1D3,2D3. The van der Waals surface area contributed by atoms with Gasteiger partial charge in [0.05, 0.1) is 11.7 Å². The number of thioether (sulfide) groups is 1. The molecule has 15 heteroatoms. The van der Waals surface area contributed by atoms with E-state index >= 15 is 0 Å². The van der Waals surface area contributed by atoms with Crippen LogP contribution in [-0.4, -0.2) is 67.2 Å². The molecule has 0 aliphatic carbocycles. The molecule has 0 unspecified atom stereocenters. The summed E-state index contributed by atoms with van der Waals surface area (Å²) >= 11 is 1.97. The van der Waals surface area contributed by atoms with Crippen LogP contribution in [-0.2, 0) is 30.6 Å². The Hall–Kier alpha value is -3.98. The molecule has 2 aromatic rings. The molecule has 2 aromatic heterocycles. The monoisotopic (exact) mass is 552 g/mol. The Kier molecular flexibility index (Phi) is 5.27. The van der Waals surface area contributed by atoms with Gasteiger partial charge in [0.2, 0.25) is 5.60 Å². The number of nitrogens with one attached hydrogen (secondary N) is 1. The molecule has 1 saturated heterocycles. The Labute approximate surface area is 227 Å². The largest absolute Gasteiger partial charge is 0.543 e. The van der Waals surface area contributed by atoms with Gasteiger partial charge in [-0.15, -0.1) is 23.1 Å². The highest BCUT2D eigenvalue weighted by atomic mass is 32.2. The molecule has 0 bridgehead atoms. The molecule has 0 radical (unpaired) electrons. The Morgan fingerprint density at radius 2 is 2.14 bits per heavy atom. The van der Waals surface area contributed by atoms with Crippen molar-refractivity contribution in [2.75, 3.05) is 11.5 Å². The first-order chi connectivity index (χ1) is 20.0. The number of pyridine rings is 1. The van der Waals surface area contributed by atoms with Crippen molar-refractivity contribution in [1.29, 1.82) is 0 Å². The number of aliphatic carboxylic acids is 2. The van der Waals surface area contributed by atoms with Gasteiger partial charge in [-0.2, -0.15) is 0 Å². The smallest absolute Gasteiger partial charge is 0.350 e. The van der Waals surface area contributed by atoms with Crippen LogP contribution in [0.1, 0.15) is 27.6 Å². The van der Waals surface area contributed by atoms with Crippen LogP contribution in [0, 0.1) is 0 Å². The van der Waals surface area contributed by atoms with Gasteiger partial charge >= 0.3 is 5.97 Å². The number of oxime groups is 1. The summed E-state index contributed by atoms with van der Waals surface area (Å²) in [5, 5.41) is 27.5. The highest BCUT2D eigenvalue weighted by Gasteiger charge is 2.53. The van der Waals surface area contributed by atoms with Crippen molar-refractivity contribution < 1.29 is 47.0 Å². The van der Waals surface area contributed by atoms with Crippen LogP contribution in [0.15, 0.2) is 52.4 Å². The summed E-state index contributed by atoms with van der Waals surface area (Å²) in [6.07, 6.45) is 3.42. The van der Waals surface area contributed by atoms with Gasteiger partial charge in [0.25, 0.3) is 11.8 Å². The number of carbonyl (C=O) groups is 4. The van der Waals surface area contributed by atoms with Crippen LogP contribution >= 0.6 is 23.1 Å². The lowest BCUT2D eigenvalue weighted by atomic mass is 10.0. The quantitative estimate of drug-likeness (QED) is 0.146. The molecular weight excluding hydrogens is 524 g/mol. The molecule has 13 nitrogen and oxygen atoms in total. The van der Waals surface area contributed by atoms with E-state index < -0.39 is 60.2 Å². The molecular formula is C22H22N6O7S2. The normalized spacial score (nSPS) is 22.8. The second-order valence-corrected chi connectivity index (χ2v) is 9.73. The first kappa shape index (κ1) is 19.2. The molecule has 37 heavy (non-hydrogen) atoms. The zero-order chi connectivity index (χ0) is 31.9. The van der Waals surface area contributed by atoms with Crippen molar-refractivity contribution in [2.24, 2.45) is 5.16 Å². The van der Waals surface area contributed by atoms with Gasteiger partial charge in [-0.25, -0.2) is 14.3 Å². The minimum absolute atomic E-state index is 0.0899. The minimum Gasteiger partial charge on any atom is -0.543 e. The molecule has 1 fully saturated rings. The third kappa shape index (κ3) is 5.27. The first-order valence-electron chi connectivity index (χ1n) is 13.3. The number of thiazole rings is 1. The molecule has 4 N–H and O–H groups in total. The van der Waals surface area contributed by atoms with E-state index in [0.717, 1.165) is 28.0 Å². The lowest BCUT2D eigenvalue weighted by Gasteiger charge is -2.50. The second-order valence-electron chi connectivity index (χ2n) is 7.74. The predicted octanol–water partition coefficient (Wildman–Crippen LogP) is -1.30. The fourth-order valence-electron chi connectivity index (χ4n) is 3.52. The summed E-state index contributed by atoms with van der Waals surface area (Å²) in [5.74, 6) is -5.88. The second kappa shape index (κ2) is 10.2. The number of aromatic nitrogens is 2. The molecule has 4 rings (SSSR count). The van der Waals surface area contributed by atoms with Crippen LogP contribution in [0.3, 0.4) is 0 Å². The summed E-state index contributed by atoms with van der Waals surface area (Å²) in [7, 11) is 0. The van der Waals surface area contributed by atoms with Crippen molar-refractivity contribution in [1.82, 2.24) is 15.2 Å². The number of β-lactam (4-membered cyclic amide) rings is 1. The van der Waals surface area contributed by atoms with Crippen molar-refractivity contribution in [3.8, 4) is 0 Å². The average molecular weight is 553 g/mol. The molecule has 2 atom stereocenters. The summed E-state index contributed by atoms with van der Waals surface area (Å²) in [6, 6.07) is 3.95. The molecule has 4 heterocycles. The summed E-state index contributed by atoms with van der Waals surface area (Å²) < 4.78 is 47.0. The predicted molar refractivity (Wildman–Crippen MR) is 130 cm³/mol. The number of nitrogens with zero attached hydrogens (tertiary/aromatic N) is 4. The van der Waals surface area contributed by atoms with Gasteiger partial charge in [-0.3, -0.25) is 14.5 Å². The number of rotatable bonds is 9. The molecule has 0 saturated carbocycles. The van der Waals surface area contributed by atoms with Gasteiger partial charge in [0.1, 0.15) is 17.1 Å². The van der Waals surface area contributed by atoms with Crippen molar-refractivity contribution in [2.45, 2.75) is 37.3 Å². The third-order valence-corrected chi connectivity index (χ3v) is 7.25. The van der Waals surface area contributed by atoms with E-state index in [1.54, 1.807) is 35.2 Å². The number of hydrogen-bond donors (Lipinski definition) is 3. The first-order valence-corrected chi connectivity index (χ1v) is 12.3. The number of nitrogen functional groups attached to an aromatic ring is 1. The molecule has 2 aliphatic heterocycles. The zero-order valence-electron chi connectivity index (χ0n) is 24.6. The van der Waals surface area contributed by atoms with E-state index in [2.05, 4.69) is 20.3 Å². The van der Waals surface area contributed by atoms with Gasteiger partial charge in [-0.1, -0.05) is 11.2 Å². The Balaban J connectivity index is 1.64. The topological polar surface area (TPSA) is 191 Å². The number of carboxylic acids is 2. The Bertz CT molecular complexity index is 1510. The van der Waals surface area contributed by atoms with Gasteiger partial charge in [0.15, 0.2) is 29.8 Å². The fraction of sp³-hybridized carbons (Fsp3) is 0.318. The molecule has 0 spiro atoms. The Morgan fingerprint density at radius 3 is 2.73 bits per heavy atom. The highest BCUT2D eigenvalue weighted by Crippen LogP contribution is 2.40. The third-order valence-electron chi connectivity index (χ3n) is 5.23. The highest BCUT2D eigenvalue weighted by molar-refractivity contribution is 8.00. The van der Waals surface area contributed by atoms with Gasteiger partial charge in [0, 0.05) is 37.1 Å². The van der Waals surface area contributed by atoms with Crippen LogP contribution in [0.4, 0.5) is 5.13 Å². The number of amides is 2. The van der Waals surface area contributed by atoms with Crippen LogP contribution in [0.25, 0.3) is 0 Å². The molecule has 2 amide bonds. The number of hydrogen-bond acceptors (Lipinski definition) is 11. The molecule has 0 aromatic carbocycles. The van der Waals surface area contributed by atoms with Gasteiger partial charge in [-0.05, 0) is 13.7 Å². The van der Waals surface area contributed by atoms with Crippen LogP contribution < -0.4 is 20.7 Å². The number of fused-ring (bicyclic) bond motifs is 1. The Morgan fingerprint density at radius 1 is 1.41 bits per heavy atom. The molecule has 194 valence electrons. The van der Waals surface area contributed by atoms with E-state index in [1.807, 2.05) is 0 Å². The number of carboxylic acid groups (broad SMARTS) is 2. The number of carbonyl (C=O) groups excluding carboxylic acids is 3. The maximum Gasteiger partial charge on any atom is 0.350 e. The van der Waals surface area contributed by atoms with E-state index in [-0.39, 0.29) is 28.8 Å². The van der Waals surface area contributed by atoms with E-state index in [4.69, 9.17) is 14.0 Å². The summed E-state index contributed by atoms with van der Waals surface area (Å²) in [4.78, 5) is 59.9. The fourth-order valence-corrected chi connectivity index (χ4v) is 5.40. The van der Waals surface area contributed by atoms with Crippen LogP contribution in [0.5, 0.6) is 0 Å². The lowest BCUT2D eigenvalue weighted by molar-refractivity contribution is -0.689. The lowest BCUT2D eigenvalue weighted by Crippen LogP contribution is -2.71. The van der Waals surface area contributed by atoms with Crippen molar-refractivity contribution in [3.05, 3.63) is 52.9 Å². The summed E-state index contributed by atoms with van der Waals surface area (Å²) in [6.45, 7) is -7.42. The van der Waals surface area contributed by atoms with Crippen molar-refractivity contribution >= 4 is 57.7 Å². The van der Waals surface area contributed by atoms with Crippen LogP contribution in [0.2, 0.25) is 0 Å². The number of anilines is 1. The number of nitrogens with two attached hydrogens (primary N) is 1. The average Bonchev–Trinajstić information content (AvgIpc) is 3.33. The molecule has 2 aliphatic rings. The van der Waals surface area contributed by atoms with E-state index in [1.165, 1.54) is 5.38 Å². The zero-order valence-corrected chi connectivity index (χ0v) is 20.2. The SMILES string of the molecule is [2H]C([2H])([2H])C(O/N=C(\C(=O)N[C@@H]1C(=O)N2C(C(=O)[O-])=C(C[n+]3ccccc3)CS[C@H]12)c1csc(N)n1)(C(=O)O)C([2H])([2H])[2H]. The minimum atomic E-state index is -3.88. The summed E-state index contributed by atoms with van der Waals surface area (Å²) in [5.41, 5.74) is 0.568. The van der Waals surface area contributed by atoms with Crippen molar-refractivity contribution in [3.63, 3.8) is 0 Å². The maximum atomic E-state index is 13.3. The van der Waals surface area contributed by atoms with E-state index in [9.17, 15) is 29.4 Å². The maximum absolute atomic E-state index is 13.3. The van der Waals surface area contributed by atoms with E-state index in [0.29, 0.717) is 5.57 Å². The van der Waals surface area contributed by atoms with Gasteiger partial charge < -0.3 is 30.9 Å².